The van der Waals surface area contributed by atoms with Gasteiger partial charge < -0.3 is 10.7 Å². The Labute approximate surface area is 110 Å². The van der Waals surface area contributed by atoms with Gasteiger partial charge in [0.05, 0.1) is 11.0 Å². The fraction of sp³-hybridized carbons (Fsp3) is 0.0714. The number of aromatic nitrogens is 2. The van der Waals surface area contributed by atoms with Crippen LogP contribution in [-0.4, -0.2) is 9.97 Å². The smallest absolute Gasteiger partial charge is 0.111 e. The Morgan fingerprint density at radius 1 is 1.11 bits per heavy atom. The van der Waals surface area contributed by atoms with Crippen LogP contribution in [-0.2, 0) is 6.42 Å². The average molecular weight is 258 g/mol. The van der Waals surface area contributed by atoms with Crippen LogP contribution in [0.5, 0.6) is 0 Å². The molecular weight excluding hydrogens is 246 g/mol. The number of imidazole rings is 1. The van der Waals surface area contributed by atoms with E-state index in [2.05, 4.69) is 9.97 Å². The lowest BCUT2D eigenvalue weighted by Crippen LogP contribution is -1.89. The van der Waals surface area contributed by atoms with E-state index in [4.69, 9.17) is 17.3 Å². The Morgan fingerprint density at radius 3 is 2.67 bits per heavy atom. The van der Waals surface area contributed by atoms with E-state index in [1.807, 2.05) is 42.5 Å². The molecule has 0 bridgehead atoms. The van der Waals surface area contributed by atoms with Gasteiger partial charge in [-0.3, -0.25) is 0 Å². The molecule has 0 atom stereocenters. The van der Waals surface area contributed by atoms with Gasteiger partial charge >= 0.3 is 0 Å². The predicted octanol–water partition coefficient (Wildman–Crippen LogP) is 3.39. The summed E-state index contributed by atoms with van der Waals surface area (Å²) in [4.78, 5) is 7.80. The Balaban J connectivity index is 1.92. The Kier molecular flexibility index (Phi) is 2.68. The Bertz CT molecular complexity index is 686. The number of fused-ring (bicyclic) bond motifs is 1. The molecule has 0 radical (unpaired) electrons. The molecule has 0 saturated carbocycles. The first kappa shape index (κ1) is 11.1. The quantitative estimate of drug-likeness (QED) is 0.692. The topological polar surface area (TPSA) is 54.7 Å². The minimum Gasteiger partial charge on any atom is -0.399 e. The van der Waals surface area contributed by atoms with Crippen LogP contribution in [0, 0.1) is 0 Å². The summed E-state index contributed by atoms with van der Waals surface area (Å²) < 4.78 is 0. The van der Waals surface area contributed by atoms with Crippen LogP contribution in [0.2, 0.25) is 5.02 Å². The number of H-pyrrole nitrogens is 1. The SMILES string of the molecule is Nc1ccc2nc(Cc3ccc(Cl)cc3)[nH]c2c1. The maximum atomic E-state index is 5.86. The van der Waals surface area contributed by atoms with Crippen molar-refractivity contribution in [3.05, 3.63) is 58.9 Å². The normalized spacial score (nSPS) is 10.9. The number of benzene rings is 2. The van der Waals surface area contributed by atoms with Crippen LogP contribution in [0.25, 0.3) is 11.0 Å². The molecule has 0 unspecified atom stereocenters. The van der Waals surface area contributed by atoms with E-state index < -0.39 is 0 Å². The highest BCUT2D eigenvalue weighted by molar-refractivity contribution is 6.30. The highest BCUT2D eigenvalue weighted by atomic mass is 35.5. The first-order valence-electron chi connectivity index (χ1n) is 5.69. The molecule has 0 spiro atoms. The van der Waals surface area contributed by atoms with Gasteiger partial charge in [-0.1, -0.05) is 23.7 Å². The summed E-state index contributed by atoms with van der Waals surface area (Å²) >= 11 is 5.86. The van der Waals surface area contributed by atoms with Gasteiger partial charge in [0, 0.05) is 17.1 Å². The fourth-order valence-corrected chi connectivity index (χ4v) is 2.09. The fourth-order valence-electron chi connectivity index (χ4n) is 1.96. The summed E-state index contributed by atoms with van der Waals surface area (Å²) in [7, 11) is 0. The van der Waals surface area contributed by atoms with Gasteiger partial charge in [0.15, 0.2) is 0 Å². The Morgan fingerprint density at radius 2 is 1.89 bits per heavy atom. The van der Waals surface area contributed by atoms with Crippen LogP contribution in [0.15, 0.2) is 42.5 Å². The van der Waals surface area contributed by atoms with Crippen LogP contribution < -0.4 is 5.73 Å². The van der Waals surface area contributed by atoms with Crippen molar-refractivity contribution < 1.29 is 0 Å². The third-order valence-electron chi connectivity index (χ3n) is 2.84. The molecule has 0 saturated heterocycles. The summed E-state index contributed by atoms with van der Waals surface area (Å²) in [6.07, 6.45) is 0.756. The average Bonchev–Trinajstić information content (AvgIpc) is 2.73. The minimum atomic E-state index is 0.740. The summed E-state index contributed by atoms with van der Waals surface area (Å²) in [6, 6.07) is 13.5. The number of anilines is 1. The third kappa shape index (κ3) is 2.17. The second-order valence-corrected chi connectivity index (χ2v) is 4.70. The second kappa shape index (κ2) is 4.35. The number of aromatic amines is 1. The van der Waals surface area contributed by atoms with E-state index >= 15 is 0 Å². The maximum Gasteiger partial charge on any atom is 0.111 e. The van der Waals surface area contributed by atoms with E-state index in [1.165, 1.54) is 5.56 Å². The predicted molar refractivity (Wildman–Crippen MR) is 74.8 cm³/mol. The molecule has 3 aromatic rings. The molecular formula is C14H12ClN3. The summed E-state index contributed by atoms with van der Waals surface area (Å²) in [6.45, 7) is 0. The summed E-state index contributed by atoms with van der Waals surface area (Å²) in [5.74, 6) is 0.929. The van der Waals surface area contributed by atoms with Gasteiger partial charge in [0.25, 0.3) is 0 Å². The lowest BCUT2D eigenvalue weighted by atomic mass is 10.1. The van der Waals surface area contributed by atoms with Crippen molar-refractivity contribution in [1.29, 1.82) is 0 Å². The molecule has 0 aliphatic rings. The number of halogens is 1. The molecule has 0 amide bonds. The van der Waals surface area contributed by atoms with Gasteiger partial charge in [-0.25, -0.2) is 4.98 Å². The number of nitrogens with zero attached hydrogens (tertiary/aromatic N) is 1. The summed E-state index contributed by atoms with van der Waals surface area (Å²) in [5, 5.41) is 0.746. The molecule has 18 heavy (non-hydrogen) atoms. The molecule has 4 heteroatoms. The molecule has 1 heterocycles. The highest BCUT2D eigenvalue weighted by Gasteiger charge is 2.04. The van der Waals surface area contributed by atoms with Gasteiger partial charge in [-0.15, -0.1) is 0 Å². The minimum absolute atomic E-state index is 0.740. The van der Waals surface area contributed by atoms with Crippen LogP contribution in [0.3, 0.4) is 0 Å². The van der Waals surface area contributed by atoms with Crippen molar-refractivity contribution in [3.63, 3.8) is 0 Å². The lowest BCUT2D eigenvalue weighted by molar-refractivity contribution is 1.04. The number of nitrogen functional groups attached to an aromatic ring is 1. The monoisotopic (exact) mass is 257 g/mol. The molecule has 3 rings (SSSR count). The standard InChI is InChI=1S/C14H12ClN3/c15-10-3-1-9(2-4-10)7-14-17-12-6-5-11(16)8-13(12)18-14/h1-6,8H,7,16H2,(H,17,18). The van der Waals surface area contributed by atoms with Crippen LogP contribution in [0.1, 0.15) is 11.4 Å². The first-order chi connectivity index (χ1) is 8.70. The third-order valence-corrected chi connectivity index (χ3v) is 3.09. The molecule has 3 N–H and O–H groups in total. The number of hydrogen-bond donors (Lipinski definition) is 2. The van der Waals surface area contributed by atoms with Crippen LogP contribution in [0.4, 0.5) is 5.69 Å². The van der Waals surface area contributed by atoms with Crippen molar-refractivity contribution >= 4 is 28.3 Å². The van der Waals surface area contributed by atoms with Crippen molar-refractivity contribution in [2.24, 2.45) is 0 Å². The number of rotatable bonds is 2. The molecule has 90 valence electrons. The van der Waals surface area contributed by atoms with E-state index in [1.54, 1.807) is 0 Å². The Hall–Kier alpha value is -2.00. The van der Waals surface area contributed by atoms with Gasteiger partial charge in [-0.2, -0.15) is 0 Å². The van der Waals surface area contributed by atoms with Gasteiger partial charge in [0.2, 0.25) is 0 Å². The molecule has 0 aliphatic carbocycles. The van der Waals surface area contributed by atoms with Crippen molar-refractivity contribution in [2.45, 2.75) is 6.42 Å². The van der Waals surface area contributed by atoms with Crippen molar-refractivity contribution in [2.75, 3.05) is 5.73 Å². The zero-order valence-electron chi connectivity index (χ0n) is 9.65. The number of hydrogen-bond acceptors (Lipinski definition) is 2. The molecule has 0 aliphatic heterocycles. The number of nitrogens with two attached hydrogens (primary N) is 1. The largest absolute Gasteiger partial charge is 0.399 e. The highest BCUT2D eigenvalue weighted by Crippen LogP contribution is 2.17. The number of nitrogens with one attached hydrogen (secondary N) is 1. The van der Waals surface area contributed by atoms with E-state index in [0.717, 1.165) is 34.0 Å². The van der Waals surface area contributed by atoms with Gasteiger partial charge in [0.1, 0.15) is 5.82 Å². The molecule has 1 aromatic heterocycles. The van der Waals surface area contributed by atoms with Crippen LogP contribution >= 0.6 is 11.6 Å². The van der Waals surface area contributed by atoms with Crippen molar-refractivity contribution in [3.8, 4) is 0 Å². The van der Waals surface area contributed by atoms with Crippen molar-refractivity contribution in [1.82, 2.24) is 9.97 Å². The first-order valence-corrected chi connectivity index (χ1v) is 6.07. The lowest BCUT2D eigenvalue weighted by Gasteiger charge is -1.97. The molecule has 2 aromatic carbocycles. The summed E-state index contributed by atoms with van der Waals surface area (Å²) in [5.41, 5.74) is 9.56. The molecule has 3 nitrogen and oxygen atoms in total. The molecule has 0 fully saturated rings. The van der Waals surface area contributed by atoms with E-state index in [9.17, 15) is 0 Å². The zero-order chi connectivity index (χ0) is 12.5. The zero-order valence-corrected chi connectivity index (χ0v) is 10.4. The van der Waals surface area contributed by atoms with Gasteiger partial charge in [-0.05, 0) is 35.9 Å². The second-order valence-electron chi connectivity index (χ2n) is 4.26. The maximum absolute atomic E-state index is 5.86. The van der Waals surface area contributed by atoms with E-state index in [-0.39, 0.29) is 0 Å². The van der Waals surface area contributed by atoms with E-state index in [0.29, 0.717) is 0 Å².